The van der Waals surface area contributed by atoms with Crippen molar-refractivity contribution in [3.8, 4) is 11.1 Å². The van der Waals surface area contributed by atoms with Crippen LogP contribution in [-0.4, -0.2) is 0 Å². The van der Waals surface area contributed by atoms with Crippen LogP contribution in [0.5, 0.6) is 0 Å². The SMILES string of the molecule is CC1(C)c2ccccc2-c2cc(Br)cc(N(c3ccccc3)c3cccc4c3oc3ccccc34)c21. The van der Waals surface area contributed by atoms with Crippen LogP contribution < -0.4 is 4.90 Å². The summed E-state index contributed by atoms with van der Waals surface area (Å²) in [5.74, 6) is 0. The van der Waals surface area contributed by atoms with Gasteiger partial charge in [-0.2, -0.15) is 0 Å². The first-order valence-corrected chi connectivity index (χ1v) is 13.0. The van der Waals surface area contributed by atoms with E-state index in [2.05, 4.69) is 132 Å². The molecule has 174 valence electrons. The maximum atomic E-state index is 6.52. The van der Waals surface area contributed by atoms with Crippen molar-refractivity contribution in [3.63, 3.8) is 0 Å². The summed E-state index contributed by atoms with van der Waals surface area (Å²) in [6.45, 7) is 4.67. The van der Waals surface area contributed by atoms with Crippen molar-refractivity contribution >= 4 is 54.9 Å². The molecule has 0 atom stereocenters. The Hall–Kier alpha value is -3.82. The molecule has 0 radical (unpaired) electrons. The Labute approximate surface area is 218 Å². The van der Waals surface area contributed by atoms with Crippen LogP contribution >= 0.6 is 15.9 Å². The quantitative estimate of drug-likeness (QED) is 0.226. The van der Waals surface area contributed by atoms with Crippen LogP contribution in [0, 0.1) is 0 Å². The highest BCUT2D eigenvalue weighted by Gasteiger charge is 2.39. The van der Waals surface area contributed by atoms with Crippen molar-refractivity contribution in [3.05, 3.63) is 125 Å². The number of nitrogens with zero attached hydrogens (tertiary/aromatic N) is 1. The summed E-state index contributed by atoms with van der Waals surface area (Å²) in [7, 11) is 0. The molecule has 0 amide bonds. The summed E-state index contributed by atoms with van der Waals surface area (Å²) < 4.78 is 7.57. The molecule has 0 aliphatic heterocycles. The summed E-state index contributed by atoms with van der Waals surface area (Å²) >= 11 is 3.85. The van der Waals surface area contributed by atoms with Crippen molar-refractivity contribution in [1.82, 2.24) is 0 Å². The van der Waals surface area contributed by atoms with Gasteiger partial charge in [0.15, 0.2) is 5.58 Å². The van der Waals surface area contributed by atoms with E-state index >= 15 is 0 Å². The lowest BCUT2D eigenvalue weighted by molar-refractivity contribution is 0.659. The maximum absolute atomic E-state index is 6.52. The van der Waals surface area contributed by atoms with Crippen LogP contribution in [-0.2, 0) is 5.41 Å². The molecule has 2 nitrogen and oxygen atoms in total. The fourth-order valence-corrected chi connectivity index (χ4v) is 6.37. The van der Waals surface area contributed by atoms with Crippen molar-refractivity contribution < 1.29 is 4.42 Å². The first kappa shape index (κ1) is 21.5. The number of hydrogen-bond acceptors (Lipinski definition) is 2. The average molecular weight is 530 g/mol. The number of benzene rings is 5. The molecule has 7 rings (SSSR count). The zero-order valence-electron chi connectivity index (χ0n) is 20.1. The van der Waals surface area contributed by atoms with Crippen LogP contribution in [0.15, 0.2) is 118 Å². The van der Waals surface area contributed by atoms with Gasteiger partial charge in [0.2, 0.25) is 0 Å². The molecule has 0 saturated carbocycles. The number of hydrogen-bond donors (Lipinski definition) is 0. The molecule has 0 spiro atoms. The van der Waals surface area contributed by atoms with Crippen molar-refractivity contribution in [2.45, 2.75) is 19.3 Å². The summed E-state index contributed by atoms with van der Waals surface area (Å²) in [6, 6.07) is 38.6. The molecule has 36 heavy (non-hydrogen) atoms. The Balaban J connectivity index is 1.58. The van der Waals surface area contributed by atoms with Gasteiger partial charge >= 0.3 is 0 Å². The van der Waals surface area contributed by atoms with E-state index < -0.39 is 0 Å². The molecule has 3 heteroatoms. The molecule has 6 aromatic rings. The molecule has 1 aromatic heterocycles. The molecule has 0 N–H and O–H groups in total. The van der Waals surface area contributed by atoms with Gasteiger partial charge in [0.25, 0.3) is 0 Å². The van der Waals surface area contributed by atoms with E-state index in [9.17, 15) is 0 Å². The Morgan fingerprint density at radius 1 is 0.667 bits per heavy atom. The molecule has 0 unspecified atom stereocenters. The lowest BCUT2D eigenvalue weighted by atomic mass is 9.81. The van der Waals surface area contributed by atoms with Gasteiger partial charge in [0.05, 0.1) is 11.4 Å². The molecule has 0 bridgehead atoms. The Morgan fingerprint density at radius 3 is 2.25 bits per heavy atom. The van der Waals surface area contributed by atoms with E-state index in [-0.39, 0.29) is 5.41 Å². The number of anilines is 3. The minimum Gasteiger partial charge on any atom is -0.454 e. The van der Waals surface area contributed by atoms with Gasteiger partial charge in [-0.1, -0.05) is 103 Å². The van der Waals surface area contributed by atoms with Crippen LogP contribution in [0.4, 0.5) is 17.1 Å². The number of halogens is 1. The average Bonchev–Trinajstić information content (AvgIpc) is 3.38. The smallest absolute Gasteiger partial charge is 0.159 e. The van der Waals surface area contributed by atoms with E-state index in [1.165, 1.54) is 22.3 Å². The predicted octanol–water partition coefficient (Wildman–Crippen LogP) is 10.1. The third-order valence-corrected chi connectivity index (χ3v) is 7.94. The summed E-state index contributed by atoms with van der Waals surface area (Å²) in [6.07, 6.45) is 0. The third-order valence-electron chi connectivity index (χ3n) is 7.48. The zero-order chi connectivity index (χ0) is 24.4. The molecule has 0 fully saturated rings. The second kappa shape index (κ2) is 7.84. The van der Waals surface area contributed by atoms with Gasteiger partial charge in [0, 0.05) is 26.3 Å². The highest BCUT2D eigenvalue weighted by molar-refractivity contribution is 9.10. The van der Waals surface area contributed by atoms with Gasteiger partial charge in [-0.15, -0.1) is 0 Å². The number of rotatable bonds is 3. The second-order valence-corrected chi connectivity index (χ2v) is 10.9. The van der Waals surface area contributed by atoms with Crippen LogP contribution in [0.2, 0.25) is 0 Å². The topological polar surface area (TPSA) is 16.4 Å². The molecular formula is C33H24BrNO. The van der Waals surface area contributed by atoms with E-state index in [1.807, 2.05) is 12.1 Å². The summed E-state index contributed by atoms with van der Waals surface area (Å²) in [4.78, 5) is 2.36. The maximum Gasteiger partial charge on any atom is 0.159 e. The minimum absolute atomic E-state index is 0.156. The first-order valence-electron chi connectivity index (χ1n) is 12.2. The van der Waals surface area contributed by atoms with E-state index in [0.29, 0.717) is 0 Å². The largest absolute Gasteiger partial charge is 0.454 e. The lowest BCUT2D eigenvalue weighted by Crippen LogP contribution is -2.20. The highest BCUT2D eigenvalue weighted by atomic mass is 79.9. The summed E-state index contributed by atoms with van der Waals surface area (Å²) in [5.41, 5.74) is 10.2. The third kappa shape index (κ3) is 3.02. The van der Waals surface area contributed by atoms with Crippen molar-refractivity contribution in [1.29, 1.82) is 0 Å². The number of para-hydroxylation sites is 3. The molecule has 1 aliphatic carbocycles. The lowest BCUT2D eigenvalue weighted by Gasteiger charge is -2.32. The molecule has 0 saturated heterocycles. The Bertz CT molecular complexity index is 1780. The van der Waals surface area contributed by atoms with Crippen molar-refractivity contribution in [2.24, 2.45) is 0 Å². The van der Waals surface area contributed by atoms with Crippen LogP contribution in [0.25, 0.3) is 33.1 Å². The Morgan fingerprint density at radius 2 is 1.39 bits per heavy atom. The van der Waals surface area contributed by atoms with Gasteiger partial charge in [-0.25, -0.2) is 0 Å². The van der Waals surface area contributed by atoms with Gasteiger partial charge in [-0.3, -0.25) is 0 Å². The van der Waals surface area contributed by atoms with E-state index in [0.717, 1.165) is 43.5 Å². The molecule has 1 heterocycles. The van der Waals surface area contributed by atoms with Crippen LogP contribution in [0.1, 0.15) is 25.0 Å². The standard InChI is InChI=1S/C33H24BrNO/c1-33(2)27-16-8-6-13-23(27)26-19-21(34)20-29(31(26)33)35(22-11-4-3-5-12-22)28-17-10-15-25-24-14-7-9-18-30(24)36-32(25)28/h3-20H,1-2H3. The number of furan rings is 1. The van der Waals surface area contributed by atoms with Gasteiger partial charge in [0.1, 0.15) is 5.58 Å². The molecule has 1 aliphatic rings. The fraction of sp³-hybridized carbons (Fsp3) is 0.0909. The van der Waals surface area contributed by atoms with E-state index in [1.54, 1.807) is 0 Å². The monoisotopic (exact) mass is 529 g/mol. The molecule has 5 aromatic carbocycles. The molecular weight excluding hydrogens is 506 g/mol. The summed E-state index contributed by atoms with van der Waals surface area (Å²) in [5, 5.41) is 2.26. The predicted molar refractivity (Wildman–Crippen MR) is 154 cm³/mol. The van der Waals surface area contributed by atoms with Crippen molar-refractivity contribution in [2.75, 3.05) is 4.90 Å². The minimum atomic E-state index is -0.156. The number of fused-ring (bicyclic) bond motifs is 6. The normalized spacial score (nSPS) is 13.6. The van der Waals surface area contributed by atoms with Gasteiger partial charge < -0.3 is 9.32 Å². The van der Waals surface area contributed by atoms with E-state index in [4.69, 9.17) is 4.42 Å². The highest BCUT2D eigenvalue weighted by Crippen LogP contribution is 2.55. The van der Waals surface area contributed by atoms with Gasteiger partial charge in [-0.05, 0) is 58.7 Å². The Kier molecular flexibility index (Phi) is 4.67. The first-order chi connectivity index (χ1) is 17.5. The zero-order valence-corrected chi connectivity index (χ0v) is 21.7. The van der Waals surface area contributed by atoms with Crippen LogP contribution in [0.3, 0.4) is 0 Å². The second-order valence-electron chi connectivity index (χ2n) is 9.94. The fourth-order valence-electron chi connectivity index (χ4n) is 5.93.